The summed E-state index contributed by atoms with van der Waals surface area (Å²) in [6, 6.07) is 5.87. The predicted molar refractivity (Wildman–Crippen MR) is 125 cm³/mol. The number of amides is 1. The summed E-state index contributed by atoms with van der Waals surface area (Å²) in [5, 5.41) is 2.92. The largest absolute Gasteiger partial charge is 0.497 e. The summed E-state index contributed by atoms with van der Waals surface area (Å²) in [5.74, 6) is 1.87. The Hall–Kier alpha value is -2.62. The lowest BCUT2D eigenvalue weighted by Crippen LogP contribution is -2.41. The highest BCUT2D eigenvalue weighted by Gasteiger charge is 2.19. The smallest absolute Gasteiger partial charge is 0.273 e. The van der Waals surface area contributed by atoms with Gasteiger partial charge in [-0.25, -0.2) is 4.98 Å². The molecule has 1 aromatic carbocycles. The van der Waals surface area contributed by atoms with E-state index in [1.165, 1.54) is 6.26 Å². The zero-order valence-electron chi connectivity index (χ0n) is 20.1. The van der Waals surface area contributed by atoms with Crippen LogP contribution in [0.3, 0.4) is 0 Å². The van der Waals surface area contributed by atoms with E-state index in [-0.39, 0.29) is 11.9 Å². The normalized spacial score (nSPS) is 15.4. The molecule has 9 heteroatoms. The summed E-state index contributed by atoms with van der Waals surface area (Å²) in [5.41, 5.74) is 1.32. The van der Waals surface area contributed by atoms with Crippen LogP contribution in [0.1, 0.15) is 42.2 Å². The molecule has 2 heterocycles. The van der Waals surface area contributed by atoms with Gasteiger partial charge in [-0.05, 0) is 31.5 Å². The van der Waals surface area contributed by atoms with Crippen molar-refractivity contribution in [2.24, 2.45) is 0 Å². The fraction of sp³-hybridized carbons (Fsp3) is 0.583. The van der Waals surface area contributed by atoms with E-state index in [0.717, 1.165) is 62.9 Å². The van der Waals surface area contributed by atoms with Crippen molar-refractivity contribution < 1.29 is 23.4 Å². The summed E-state index contributed by atoms with van der Waals surface area (Å²) < 4.78 is 22.1. The molecule has 1 amide bonds. The van der Waals surface area contributed by atoms with Crippen molar-refractivity contribution in [2.75, 3.05) is 53.6 Å². The van der Waals surface area contributed by atoms with Gasteiger partial charge in [0.15, 0.2) is 5.69 Å². The number of rotatable bonds is 12. The van der Waals surface area contributed by atoms with Gasteiger partial charge in [-0.3, -0.25) is 14.6 Å². The third-order valence-electron chi connectivity index (χ3n) is 5.85. The van der Waals surface area contributed by atoms with Crippen molar-refractivity contribution >= 4 is 5.91 Å². The second kappa shape index (κ2) is 12.6. The van der Waals surface area contributed by atoms with Crippen LogP contribution in [0.2, 0.25) is 0 Å². The number of carbonyl (C=O) groups is 1. The van der Waals surface area contributed by atoms with Crippen molar-refractivity contribution in [3.63, 3.8) is 0 Å². The van der Waals surface area contributed by atoms with Crippen LogP contribution in [0.25, 0.3) is 0 Å². The molecule has 9 nitrogen and oxygen atoms in total. The second-order valence-corrected chi connectivity index (χ2v) is 8.25. The molecular weight excluding hydrogens is 424 g/mol. The Bertz CT molecular complexity index is 881. The summed E-state index contributed by atoms with van der Waals surface area (Å²) >= 11 is 0. The molecule has 0 aliphatic carbocycles. The molecular formula is C24H36N4O5. The molecule has 3 rings (SSSR count). The van der Waals surface area contributed by atoms with Gasteiger partial charge in [-0.1, -0.05) is 6.92 Å². The van der Waals surface area contributed by atoms with Crippen LogP contribution in [0.15, 0.2) is 28.9 Å². The number of aromatic nitrogens is 1. The second-order valence-electron chi connectivity index (χ2n) is 8.25. The first-order chi connectivity index (χ1) is 16.0. The summed E-state index contributed by atoms with van der Waals surface area (Å²) in [6.45, 7) is 10.2. The van der Waals surface area contributed by atoms with Crippen molar-refractivity contribution in [1.82, 2.24) is 20.1 Å². The fourth-order valence-corrected chi connectivity index (χ4v) is 3.65. The lowest BCUT2D eigenvalue weighted by molar-refractivity contribution is 0.0320. The molecule has 1 aliphatic rings. The van der Waals surface area contributed by atoms with Crippen LogP contribution in [-0.4, -0.2) is 80.3 Å². The van der Waals surface area contributed by atoms with Crippen LogP contribution >= 0.6 is 0 Å². The van der Waals surface area contributed by atoms with Crippen molar-refractivity contribution in [3.05, 3.63) is 41.6 Å². The molecule has 1 fully saturated rings. The molecule has 2 aromatic rings. The van der Waals surface area contributed by atoms with Gasteiger partial charge < -0.3 is 23.9 Å². The molecule has 0 bridgehead atoms. The lowest BCUT2D eigenvalue weighted by atomic mass is 10.1. The maximum Gasteiger partial charge on any atom is 0.273 e. The molecule has 1 saturated heterocycles. The number of nitrogens with zero attached hydrogens (tertiary/aromatic N) is 3. The van der Waals surface area contributed by atoms with E-state index >= 15 is 0 Å². The third-order valence-corrected chi connectivity index (χ3v) is 5.85. The molecule has 1 atom stereocenters. The Morgan fingerprint density at radius 2 is 2.03 bits per heavy atom. The molecule has 1 aliphatic heterocycles. The Kier molecular flexibility index (Phi) is 9.53. The number of benzene rings is 1. The van der Waals surface area contributed by atoms with E-state index in [4.69, 9.17) is 18.6 Å². The van der Waals surface area contributed by atoms with E-state index in [9.17, 15) is 4.79 Å². The molecule has 1 N–H and O–H groups in total. The van der Waals surface area contributed by atoms with E-state index in [2.05, 4.69) is 20.1 Å². The summed E-state index contributed by atoms with van der Waals surface area (Å²) in [4.78, 5) is 21.5. The minimum absolute atomic E-state index is 0.0863. The third kappa shape index (κ3) is 7.45. The Balaban J connectivity index is 1.72. The van der Waals surface area contributed by atoms with Gasteiger partial charge in [0.2, 0.25) is 5.89 Å². The van der Waals surface area contributed by atoms with Crippen LogP contribution < -0.4 is 14.8 Å². The van der Waals surface area contributed by atoms with E-state index in [1.807, 2.05) is 32.0 Å². The molecule has 1 aromatic heterocycles. The molecule has 33 heavy (non-hydrogen) atoms. The maximum absolute atomic E-state index is 12.4. The minimum atomic E-state index is -0.214. The van der Waals surface area contributed by atoms with E-state index in [1.54, 1.807) is 14.2 Å². The highest BCUT2D eigenvalue weighted by Crippen LogP contribution is 2.26. The van der Waals surface area contributed by atoms with Crippen molar-refractivity contribution in [1.29, 1.82) is 0 Å². The number of carbonyl (C=O) groups excluding carboxylic acids is 1. The molecule has 0 saturated carbocycles. The molecule has 0 spiro atoms. The summed E-state index contributed by atoms with van der Waals surface area (Å²) in [6.07, 6.45) is 2.29. The zero-order valence-corrected chi connectivity index (χ0v) is 20.1. The quantitative estimate of drug-likeness (QED) is 0.517. The number of hydrogen-bond donors (Lipinski definition) is 1. The van der Waals surface area contributed by atoms with Gasteiger partial charge in [-0.15, -0.1) is 0 Å². The van der Waals surface area contributed by atoms with Crippen LogP contribution in [-0.2, 0) is 17.8 Å². The number of morpholine rings is 1. The number of nitrogens with one attached hydrogen (secondary N) is 1. The average molecular weight is 461 g/mol. The Morgan fingerprint density at radius 3 is 2.73 bits per heavy atom. The standard InChI is InChI=1S/C24H36N4O5/c1-5-18(2)25-24(29)21-17-33-23(26-21)16-28(9-8-27-10-12-32-13-11-27)15-19-14-20(30-3)6-7-22(19)31-4/h6-7,14,17-18H,5,8-13,15-16H2,1-4H3,(H,25,29). The number of hydrogen-bond acceptors (Lipinski definition) is 8. The Morgan fingerprint density at radius 1 is 1.24 bits per heavy atom. The summed E-state index contributed by atoms with van der Waals surface area (Å²) in [7, 11) is 3.32. The van der Waals surface area contributed by atoms with Gasteiger partial charge >= 0.3 is 0 Å². The fourth-order valence-electron chi connectivity index (χ4n) is 3.65. The van der Waals surface area contributed by atoms with Crippen LogP contribution in [0, 0.1) is 0 Å². The minimum Gasteiger partial charge on any atom is -0.497 e. The van der Waals surface area contributed by atoms with Gasteiger partial charge in [0.05, 0.1) is 34.0 Å². The lowest BCUT2D eigenvalue weighted by Gasteiger charge is -2.30. The number of methoxy groups -OCH3 is 2. The zero-order chi connectivity index (χ0) is 23.6. The average Bonchev–Trinajstić information content (AvgIpc) is 3.31. The van der Waals surface area contributed by atoms with Gasteiger partial charge in [0.1, 0.15) is 17.8 Å². The maximum atomic E-state index is 12.4. The number of ether oxygens (including phenoxy) is 3. The van der Waals surface area contributed by atoms with Crippen molar-refractivity contribution in [2.45, 2.75) is 39.4 Å². The first-order valence-corrected chi connectivity index (χ1v) is 11.5. The van der Waals surface area contributed by atoms with Gasteiger partial charge in [0.25, 0.3) is 5.91 Å². The van der Waals surface area contributed by atoms with Crippen molar-refractivity contribution in [3.8, 4) is 11.5 Å². The number of oxazole rings is 1. The van der Waals surface area contributed by atoms with Gasteiger partial charge in [-0.2, -0.15) is 0 Å². The Labute approximate surface area is 196 Å². The van der Waals surface area contributed by atoms with E-state index in [0.29, 0.717) is 24.7 Å². The highest BCUT2D eigenvalue weighted by atomic mass is 16.5. The molecule has 1 unspecified atom stereocenters. The van der Waals surface area contributed by atoms with E-state index < -0.39 is 0 Å². The monoisotopic (exact) mass is 460 g/mol. The topological polar surface area (TPSA) is 89.3 Å². The first kappa shape index (κ1) is 25.0. The molecule has 182 valence electrons. The predicted octanol–water partition coefficient (Wildman–Crippen LogP) is 2.55. The SMILES string of the molecule is CCC(C)NC(=O)c1coc(CN(CCN2CCOCC2)Cc2cc(OC)ccc2OC)n1. The molecule has 0 radical (unpaired) electrons. The highest BCUT2D eigenvalue weighted by molar-refractivity contribution is 5.92. The first-order valence-electron chi connectivity index (χ1n) is 11.5. The van der Waals surface area contributed by atoms with Gasteiger partial charge in [0, 0.05) is 44.3 Å². The van der Waals surface area contributed by atoms with Crippen LogP contribution in [0.4, 0.5) is 0 Å². The van der Waals surface area contributed by atoms with Crippen LogP contribution in [0.5, 0.6) is 11.5 Å².